The molecule has 0 spiro atoms. The van der Waals surface area contributed by atoms with E-state index >= 15 is 0 Å². The number of aromatic nitrogens is 2. The van der Waals surface area contributed by atoms with Crippen LogP contribution in [0.3, 0.4) is 0 Å². The molecule has 9 nitrogen and oxygen atoms in total. The van der Waals surface area contributed by atoms with Crippen LogP contribution < -0.4 is 10.6 Å². The van der Waals surface area contributed by atoms with E-state index in [1.807, 2.05) is 72.0 Å². The highest BCUT2D eigenvalue weighted by Crippen LogP contribution is 2.30. The van der Waals surface area contributed by atoms with Crippen molar-refractivity contribution in [1.82, 2.24) is 25.3 Å². The number of aryl methyl sites for hydroxylation is 1. The van der Waals surface area contributed by atoms with Gasteiger partial charge in [-0.2, -0.15) is 5.10 Å². The molecule has 3 rings (SSSR count). The molecule has 9 heteroatoms. The normalized spacial score (nSPS) is 20.2. The molecule has 1 aromatic carbocycles. The van der Waals surface area contributed by atoms with Crippen molar-refractivity contribution in [3.63, 3.8) is 0 Å². The third-order valence-corrected chi connectivity index (χ3v) is 6.83. The first-order valence-corrected chi connectivity index (χ1v) is 12.9. The molecule has 1 aliphatic rings. The molecular weight excluding hydrogens is 470 g/mol. The van der Waals surface area contributed by atoms with Crippen LogP contribution in [0.15, 0.2) is 36.5 Å². The molecule has 0 radical (unpaired) electrons. The van der Waals surface area contributed by atoms with Crippen LogP contribution in [0.5, 0.6) is 0 Å². The van der Waals surface area contributed by atoms with Gasteiger partial charge < -0.3 is 25.7 Å². The quantitative estimate of drug-likeness (QED) is 0.430. The van der Waals surface area contributed by atoms with Crippen molar-refractivity contribution in [2.24, 2.45) is 12.5 Å². The number of aliphatic hydroxyl groups is 2. The van der Waals surface area contributed by atoms with E-state index in [4.69, 9.17) is 0 Å². The summed E-state index contributed by atoms with van der Waals surface area (Å²) in [4.78, 5) is 28.7. The molecule has 2 amide bonds. The van der Waals surface area contributed by atoms with Gasteiger partial charge in [-0.25, -0.2) is 0 Å². The van der Waals surface area contributed by atoms with Gasteiger partial charge in [-0.05, 0) is 36.5 Å². The molecule has 2 heterocycles. The molecule has 0 unspecified atom stereocenters. The van der Waals surface area contributed by atoms with Crippen LogP contribution in [0.4, 0.5) is 0 Å². The Morgan fingerprint density at radius 2 is 1.70 bits per heavy atom. The molecule has 1 aliphatic heterocycles. The first-order valence-electron chi connectivity index (χ1n) is 12.9. The minimum Gasteiger partial charge on any atom is -0.391 e. The van der Waals surface area contributed by atoms with Crippen molar-refractivity contribution in [2.75, 3.05) is 6.54 Å². The lowest BCUT2D eigenvalue weighted by atomic mass is 9.85. The van der Waals surface area contributed by atoms with Crippen LogP contribution in [-0.4, -0.2) is 73.1 Å². The molecule has 0 bridgehead atoms. The van der Waals surface area contributed by atoms with Crippen LogP contribution in [0.25, 0.3) is 11.3 Å². The summed E-state index contributed by atoms with van der Waals surface area (Å²) < 4.78 is 1.78. The molecule has 0 saturated carbocycles. The minimum absolute atomic E-state index is 0.0712. The van der Waals surface area contributed by atoms with Gasteiger partial charge in [-0.1, -0.05) is 58.9 Å². The lowest BCUT2D eigenvalue weighted by molar-refractivity contribution is -0.143. The number of aliphatic hydroxyl groups excluding tert-OH is 1. The number of benzene rings is 1. The Labute approximate surface area is 220 Å². The number of likely N-dealkylation sites (tertiary alicyclic amines) is 1. The summed E-state index contributed by atoms with van der Waals surface area (Å²) in [6, 6.07) is 7.53. The highest BCUT2D eigenvalue weighted by atomic mass is 16.3. The fourth-order valence-corrected chi connectivity index (χ4v) is 4.91. The van der Waals surface area contributed by atoms with E-state index < -0.39 is 35.7 Å². The molecule has 1 saturated heterocycles. The lowest BCUT2D eigenvalue weighted by Crippen LogP contribution is -2.58. The number of rotatable bonds is 8. The van der Waals surface area contributed by atoms with Crippen LogP contribution in [0.1, 0.15) is 66.5 Å². The molecule has 4 N–H and O–H groups in total. The number of hydrogen-bond donors (Lipinski definition) is 4. The largest absolute Gasteiger partial charge is 0.391 e. The maximum Gasteiger partial charge on any atom is 0.243 e. The summed E-state index contributed by atoms with van der Waals surface area (Å²) in [7, 11) is 1.87. The SMILES string of the molecule is CC(C)N[C@H](C(=O)N1C[C@H](O)C[C@H]1C(=O)N[C@@H](c1ccc(-c2ccnn2C)cc1)C(C)(C)O)C(C)(C)C. The van der Waals surface area contributed by atoms with E-state index in [0.717, 1.165) is 16.8 Å². The Hall–Kier alpha value is -2.75. The average molecular weight is 514 g/mol. The second-order valence-corrected chi connectivity index (χ2v) is 12.1. The predicted octanol–water partition coefficient (Wildman–Crippen LogP) is 2.39. The fourth-order valence-electron chi connectivity index (χ4n) is 4.91. The van der Waals surface area contributed by atoms with Gasteiger partial charge in [0.1, 0.15) is 6.04 Å². The summed E-state index contributed by atoms with van der Waals surface area (Å²) in [5.74, 6) is -0.608. The van der Waals surface area contributed by atoms with E-state index in [0.29, 0.717) is 0 Å². The van der Waals surface area contributed by atoms with E-state index in [-0.39, 0.29) is 30.3 Å². The summed E-state index contributed by atoms with van der Waals surface area (Å²) >= 11 is 0. The van der Waals surface area contributed by atoms with Crippen molar-refractivity contribution in [2.45, 2.75) is 90.8 Å². The molecule has 2 aromatic rings. The minimum atomic E-state index is -1.27. The molecular formula is C28H43N5O4. The number of carbonyl (C=O) groups is 2. The van der Waals surface area contributed by atoms with Crippen molar-refractivity contribution in [3.05, 3.63) is 42.1 Å². The van der Waals surface area contributed by atoms with Crippen LogP contribution >= 0.6 is 0 Å². The third kappa shape index (κ3) is 6.77. The number of carbonyl (C=O) groups excluding carboxylic acids is 2. The zero-order valence-electron chi connectivity index (χ0n) is 23.3. The van der Waals surface area contributed by atoms with Gasteiger partial charge in [-0.3, -0.25) is 14.3 Å². The molecule has 4 atom stereocenters. The zero-order valence-corrected chi connectivity index (χ0v) is 23.3. The number of nitrogens with one attached hydrogen (secondary N) is 2. The predicted molar refractivity (Wildman–Crippen MR) is 143 cm³/mol. The van der Waals surface area contributed by atoms with Gasteiger partial charge >= 0.3 is 0 Å². The number of β-amino-alcohol motifs (C(OH)–C–C–N with tert-alkyl or cyclic N) is 1. The van der Waals surface area contributed by atoms with Crippen LogP contribution in [0, 0.1) is 5.41 Å². The Morgan fingerprint density at radius 1 is 1.08 bits per heavy atom. The first-order chi connectivity index (χ1) is 17.1. The molecule has 1 aromatic heterocycles. The summed E-state index contributed by atoms with van der Waals surface area (Å²) in [6.07, 6.45) is 1.08. The number of hydrogen-bond acceptors (Lipinski definition) is 6. The van der Waals surface area contributed by atoms with Crippen molar-refractivity contribution in [3.8, 4) is 11.3 Å². The topological polar surface area (TPSA) is 120 Å². The second-order valence-electron chi connectivity index (χ2n) is 12.1. The summed E-state index contributed by atoms with van der Waals surface area (Å²) in [5.41, 5.74) is 0.987. The zero-order chi connectivity index (χ0) is 27.7. The highest BCUT2D eigenvalue weighted by molar-refractivity contribution is 5.91. The van der Waals surface area contributed by atoms with Crippen molar-refractivity contribution >= 4 is 11.8 Å². The molecule has 204 valence electrons. The highest BCUT2D eigenvalue weighted by Gasteiger charge is 2.45. The maximum atomic E-state index is 13.6. The van der Waals surface area contributed by atoms with Gasteiger partial charge in [0.05, 0.1) is 29.5 Å². The molecule has 37 heavy (non-hydrogen) atoms. The van der Waals surface area contributed by atoms with Gasteiger partial charge in [0.2, 0.25) is 11.8 Å². The molecule has 1 fully saturated rings. The van der Waals surface area contributed by atoms with Crippen LogP contribution in [-0.2, 0) is 16.6 Å². The molecule has 0 aliphatic carbocycles. The average Bonchev–Trinajstić information content (AvgIpc) is 3.39. The smallest absolute Gasteiger partial charge is 0.243 e. The summed E-state index contributed by atoms with van der Waals surface area (Å²) in [6.45, 7) is 13.3. The maximum absolute atomic E-state index is 13.6. The van der Waals surface area contributed by atoms with E-state index in [9.17, 15) is 19.8 Å². The van der Waals surface area contributed by atoms with Crippen LogP contribution in [0.2, 0.25) is 0 Å². The van der Waals surface area contributed by atoms with Crippen molar-refractivity contribution in [1.29, 1.82) is 0 Å². The van der Waals surface area contributed by atoms with E-state index in [1.54, 1.807) is 24.7 Å². The lowest BCUT2D eigenvalue weighted by Gasteiger charge is -2.37. The number of amides is 2. The second kappa shape index (κ2) is 10.9. The summed E-state index contributed by atoms with van der Waals surface area (Å²) in [5, 5.41) is 31.9. The van der Waals surface area contributed by atoms with Gasteiger partial charge in [-0.15, -0.1) is 0 Å². The Bertz CT molecular complexity index is 1080. The number of nitrogens with zero attached hydrogens (tertiary/aromatic N) is 3. The monoisotopic (exact) mass is 513 g/mol. The standard InChI is InChI=1S/C28H43N5O4/c1-17(2)30-24(27(3,4)5)26(36)33-16-20(34)15-22(33)25(35)31-23(28(6,7)37)19-11-9-18(10-12-19)21-13-14-29-32(21)8/h9-14,17,20,22-24,30,34,37H,15-16H2,1-8H3,(H,31,35)/t20-,22+,23+,24-/m1/s1. The fraction of sp³-hybridized carbons (Fsp3) is 0.607. The Morgan fingerprint density at radius 3 is 2.19 bits per heavy atom. The van der Waals surface area contributed by atoms with E-state index in [1.165, 1.54) is 4.90 Å². The van der Waals surface area contributed by atoms with Gasteiger partial charge in [0.15, 0.2) is 0 Å². The Balaban J connectivity index is 1.84. The van der Waals surface area contributed by atoms with Gasteiger partial charge in [0.25, 0.3) is 0 Å². The third-order valence-electron chi connectivity index (χ3n) is 6.83. The van der Waals surface area contributed by atoms with E-state index in [2.05, 4.69) is 15.7 Å². The van der Waals surface area contributed by atoms with Crippen molar-refractivity contribution < 1.29 is 19.8 Å². The Kier molecular flexibility index (Phi) is 8.51. The van der Waals surface area contributed by atoms with Gasteiger partial charge in [0, 0.05) is 32.3 Å². The first kappa shape index (κ1) is 28.8.